The van der Waals surface area contributed by atoms with Crippen molar-refractivity contribution in [2.24, 2.45) is 0 Å². The number of hydrogen-bond acceptors (Lipinski definition) is 6. The topological polar surface area (TPSA) is 90.3 Å². The third-order valence-corrected chi connectivity index (χ3v) is 4.11. The van der Waals surface area contributed by atoms with Crippen LogP contribution in [0.1, 0.15) is 15.9 Å². The minimum atomic E-state index is -0.237. The molecular weight excluding hydrogens is 330 g/mol. The second-order valence-electron chi connectivity index (χ2n) is 5.96. The number of hydrogen-bond donors (Lipinski definition) is 2. The summed E-state index contributed by atoms with van der Waals surface area (Å²) in [5.74, 6) is 0.426. The number of pyridine rings is 1. The zero-order valence-electron chi connectivity index (χ0n) is 14.4. The number of carbonyl (C=O) groups excluding carboxylic acids is 1. The largest absolute Gasteiger partial charge is 0.379 e. The van der Waals surface area contributed by atoms with Crippen LogP contribution in [-0.2, 0) is 4.74 Å². The minimum absolute atomic E-state index is 0.237. The molecule has 134 valence electrons. The zero-order chi connectivity index (χ0) is 18.2. The summed E-state index contributed by atoms with van der Waals surface area (Å²) in [5.41, 5.74) is 1.60. The molecule has 2 aromatic rings. The molecular formula is C19H21N5O2. The molecule has 7 heteroatoms. The highest BCUT2D eigenvalue weighted by molar-refractivity contribution is 6.04. The van der Waals surface area contributed by atoms with E-state index in [0.717, 1.165) is 39.4 Å². The third kappa shape index (κ3) is 5.02. The first kappa shape index (κ1) is 17.9. The van der Waals surface area contributed by atoms with Crippen LogP contribution in [0.3, 0.4) is 0 Å². The van der Waals surface area contributed by atoms with Crippen molar-refractivity contribution in [3.8, 4) is 6.07 Å². The summed E-state index contributed by atoms with van der Waals surface area (Å²) in [5, 5.41) is 15.0. The van der Waals surface area contributed by atoms with Crippen molar-refractivity contribution < 1.29 is 9.53 Å². The minimum Gasteiger partial charge on any atom is -0.379 e. The standard InChI is InChI=1S/C19H21N5O2/c20-14-15-2-1-3-17(12-15)23-19(25)16-4-5-21-18(13-16)22-6-7-24-8-10-26-11-9-24/h1-5,12-13H,6-11H2,(H,21,22)(H,23,25). The van der Waals surface area contributed by atoms with E-state index >= 15 is 0 Å². The highest BCUT2D eigenvalue weighted by Crippen LogP contribution is 2.13. The van der Waals surface area contributed by atoms with Crippen molar-refractivity contribution in [2.45, 2.75) is 0 Å². The van der Waals surface area contributed by atoms with Crippen LogP contribution in [0.5, 0.6) is 0 Å². The monoisotopic (exact) mass is 351 g/mol. The number of ether oxygens (including phenoxy) is 1. The predicted octanol–water partition coefficient (Wildman–Crippen LogP) is 1.95. The molecule has 1 aromatic carbocycles. The van der Waals surface area contributed by atoms with Gasteiger partial charge in [-0.3, -0.25) is 9.69 Å². The van der Waals surface area contributed by atoms with Crippen LogP contribution in [0.2, 0.25) is 0 Å². The molecule has 2 N–H and O–H groups in total. The molecule has 0 spiro atoms. The number of nitrogens with zero attached hydrogens (tertiary/aromatic N) is 3. The Morgan fingerprint density at radius 2 is 2.12 bits per heavy atom. The van der Waals surface area contributed by atoms with E-state index < -0.39 is 0 Å². The Balaban J connectivity index is 1.55. The molecule has 0 unspecified atom stereocenters. The van der Waals surface area contributed by atoms with Gasteiger partial charge in [0.05, 0.1) is 24.8 Å². The van der Waals surface area contributed by atoms with Crippen molar-refractivity contribution in [1.29, 1.82) is 5.26 Å². The smallest absolute Gasteiger partial charge is 0.255 e. The van der Waals surface area contributed by atoms with Crippen molar-refractivity contribution in [3.05, 3.63) is 53.7 Å². The maximum absolute atomic E-state index is 12.4. The Labute approximate surface area is 152 Å². The first-order chi connectivity index (χ1) is 12.7. The molecule has 0 aliphatic carbocycles. The fraction of sp³-hybridized carbons (Fsp3) is 0.316. The highest BCUT2D eigenvalue weighted by Gasteiger charge is 2.10. The van der Waals surface area contributed by atoms with Crippen molar-refractivity contribution in [1.82, 2.24) is 9.88 Å². The fourth-order valence-corrected chi connectivity index (χ4v) is 2.71. The van der Waals surface area contributed by atoms with E-state index in [9.17, 15) is 4.79 Å². The molecule has 1 saturated heterocycles. The summed E-state index contributed by atoms with van der Waals surface area (Å²) in [4.78, 5) is 19.0. The second kappa shape index (κ2) is 8.94. The van der Waals surface area contributed by atoms with Crippen LogP contribution in [0.15, 0.2) is 42.6 Å². The van der Waals surface area contributed by atoms with Gasteiger partial charge in [0.1, 0.15) is 5.82 Å². The molecule has 1 aliphatic heterocycles. The average Bonchev–Trinajstić information content (AvgIpc) is 2.69. The summed E-state index contributed by atoms with van der Waals surface area (Å²) < 4.78 is 5.33. The third-order valence-electron chi connectivity index (χ3n) is 4.11. The molecule has 0 saturated carbocycles. The van der Waals surface area contributed by atoms with E-state index in [1.807, 2.05) is 0 Å². The van der Waals surface area contributed by atoms with Crippen LogP contribution >= 0.6 is 0 Å². The summed E-state index contributed by atoms with van der Waals surface area (Å²) >= 11 is 0. The molecule has 1 fully saturated rings. The van der Waals surface area contributed by atoms with Gasteiger partial charge in [0.2, 0.25) is 0 Å². The number of aromatic nitrogens is 1. The number of benzene rings is 1. The molecule has 2 heterocycles. The lowest BCUT2D eigenvalue weighted by Crippen LogP contribution is -2.39. The molecule has 0 bridgehead atoms. The van der Waals surface area contributed by atoms with Gasteiger partial charge in [-0.2, -0.15) is 5.26 Å². The summed E-state index contributed by atoms with van der Waals surface area (Å²) in [6.07, 6.45) is 1.61. The van der Waals surface area contributed by atoms with Gasteiger partial charge in [-0.05, 0) is 30.3 Å². The van der Waals surface area contributed by atoms with Crippen LogP contribution in [-0.4, -0.2) is 55.2 Å². The second-order valence-corrected chi connectivity index (χ2v) is 5.96. The van der Waals surface area contributed by atoms with Gasteiger partial charge < -0.3 is 15.4 Å². The van der Waals surface area contributed by atoms with Gasteiger partial charge in [-0.1, -0.05) is 6.07 Å². The van der Waals surface area contributed by atoms with Gasteiger partial charge in [-0.25, -0.2) is 4.98 Å². The first-order valence-electron chi connectivity index (χ1n) is 8.56. The Morgan fingerprint density at radius 3 is 2.92 bits per heavy atom. The molecule has 1 aromatic heterocycles. The maximum atomic E-state index is 12.4. The number of anilines is 2. The van der Waals surface area contributed by atoms with Crippen molar-refractivity contribution in [2.75, 3.05) is 50.0 Å². The maximum Gasteiger partial charge on any atom is 0.255 e. The van der Waals surface area contributed by atoms with Crippen LogP contribution in [0.4, 0.5) is 11.5 Å². The van der Waals surface area contributed by atoms with Crippen LogP contribution < -0.4 is 10.6 Å². The zero-order valence-corrected chi connectivity index (χ0v) is 14.4. The van der Waals surface area contributed by atoms with E-state index in [2.05, 4.69) is 26.6 Å². The number of carbonyl (C=O) groups is 1. The number of nitriles is 1. The van der Waals surface area contributed by atoms with Gasteiger partial charge in [0.15, 0.2) is 0 Å². The predicted molar refractivity (Wildman–Crippen MR) is 99.1 cm³/mol. The number of nitrogens with one attached hydrogen (secondary N) is 2. The normalized spacial score (nSPS) is 14.4. The first-order valence-corrected chi connectivity index (χ1v) is 8.56. The molecule has 26 heavy (non-hydrogen) atoms. The summed E-state index contributed by atoms with van der Waals surface area (Å²) in [7, 11) is 0. The lowest BCUT2D eigenvalue weighted by atomic mass is 10.2. The lowest BCUT2D eigenvalue weighted by Gasteiger charge is -2.26. The molecule has 3 rings (SSSR count). The Kier molecular flexibility index (Phi) is 6.14. The van der Waals surface area contributed by atoms with E-state index in [0.29, 0.717) is 22.6 Å². The molecule has 7 nitrogen and oxygen atoms in total. The van der Waals surface area contributed by atoms with E-state index in [1.54, 1.807) is 42.6 Å². The van der Waals surface area contributed by atoms with Gasteiger partial charge in [0, 0.05) is 43.6 Å². The van der Waals surface area contributed by atoms with E-state index in [4.69, 9.17) is 10.00 Å². The summed E-state index contributed by atoms with van der Waals surface area (Å²) in [6.45, 7) is 5.10. The number of rotatable bonds is 6. The Hall–Kier alpha value is -2.95. The quantitative estimate of drug-likeness (QED) is 0.827. The Bertz CT molecular complexity index is 797. The average molecular weight is 351 g/mol. The molecule has 0 radical (unpaired) electrons. The van der Waals surface area contributed by atoms with Gasteiger partial charge >= 0.3 is 0 Å². The Morgan fingerprint density at radius 1 is 1.27 bits per heavy atom. The van der Waals surface area contributed by atoms with Crippen LogP contribution in [0.25, 0.3) is 0 Å². The summed E-state index contributed by atoms with van der Waals surface area (Å²) in [6, 6.07) is 12.3. The number of morpholine rings is 1. The lowest BCUT2D eigenvalue weighted by molar-refractivity contribution is 0.0398. The van der Waals surface area contributed by atoms with Gasteiger partial charge in [-0.15, -0.1) is 0 Å². The van der Waals surface area contributed by atoms with Crippen molar-refractivity contribution in [3.63, 3.8) is 0 Å². The fourth-order valence-electron chi connectivity index (χ4n) is 2.71. The van der Waals surface area contributed by atoms with E-state index in [1.165, 1.54) is 0 Å². The van der Waals surface area contributed by atoms with Crippen LogP contribution in [0, 0.1) is 11.3 Å². The number of amides is 1. The van der Waals surface area contributed by atoms with E-state index in [-0.39, 0.29) is 5.91 Å². The molecule has 1 amide bonds. The highest BCUT2D eigenvalue weighted by atomic mass is 16.5. The van der Waals surface area contributed by atoms with Gasteiger partial charge in [0.25, 0.3) is 5.91 Å². The van der Waals surface area contributed by atoms with Crippen molar-refractivity contribution >= 4 is 17.4 Å². The molecule has 0 atom stereocenters. The molecule has 1 aliphatic rings. The SMILES string of the molecule is N#Cc1cccc(NC(=O)c2ccnc(NCCN3CCOCC3)c2)c1.